The predicted molar refractivity (Wildman–Crippen MR) is 64.2 cm³/mol. The molecule has 0 heterocycles. The van der Waals surface area contributed by atoms with Crippen LogP contribution in [0, 0.1) is 0 Å². The average Bonchev–Trinajstić information content (AvgIpc) is 2.70. The van der Waals surface area contributed by atoms with E-state index in [-0.39, 0.29) is 11.9 Å². The summed E-state index contributed by atoms with van der Waals surface area (Å²) in [5.74, 6) is 0.0171. The number of amides is 1. The number of carbonyl (C=O) groups is 1. The highest BCUT2D eigenvalue weighted by atomic mass is 16.3. The quantitative estimate of drug-likeness (QED) is 0.630. The van der Waals surface area contributed by atoms with Crippen LogP contribution in [0.5, 0.6) is 0 Å². The van der Waals surface area contributed by atoms with Gasteiger partial charge in [-0.05, 0) is 26.2 Å². The maximum atomic E-state index is 11.6. The van der Waals surface area contributed by atoms with Crippen molar-refractivity contribution in [3.05, 3.63) is 0 Å². The molecule has 1 aliphatic rings. The zero-order valence-electron chi connectivity index (χ0n) is 10.4. The van der Waals surface area contributed by atoms with Crippen molar-refractivity contribution in [3.63, 3.8) is 0 Å². The third kappa shape index (κ3) is 4.10. The summed E-state index contributed by atoms with van der Waals surface area (Å²) >= 11 is 0. The molecule has 1 aliphatic carbocycles. The molecule has 4 heteroatoms. The summed E-state index contributed by atoms with van der Waals surface area (Å²) in [6, 6.07) is -0.226. The van der Waals surface area contributed by atoms with Crippen molar-refractivity contribution in [1.82, 2.24) is 10.6 Å². The molecule has 0 bridgehead atoms. The maximum absolute atomic E-state index is 11.6. The van der Waals surface area contributed by atoms with Gasteiger partial charge in [-0.2, -0.15) is 0 Å². The first-order valence-corrected chi connectivity index (χ1v) is 6.31. The molecule has 0 aromatic heterocycles. The molecule has 94 valence electrons. The van der Waals surface area contributed by atoms with Crippen molar-refractivity contribution >= 4 is 5.91 Å². The van der Waals surface area contributed by atoms with E-state index in [2.05, 4.69) is 10.6 Å². The lowest BCUT2D eigenvalue weighted by atomic mass is 10.0. The van der Waals surface area contributed by atoms with Crippen LogP contribution < -0.4 is 10.6 Å². The molecule has 1 saturated carbocycles. The fourth-order valence-electron chi connectivity index (χ4n) is 2.05. The summed E-state index contributed by atoms with van der Waals surface area (Å²) in [6.07, 6.45) is 4.83. The average molecular weight is 228 g/mol. The molecule has 0 aromatic rings. The first-order valence-electron chi connectivity index (χ1n) is 6.31. The number of nitrogens with one attached hydrogen (secondary N) is 2. The van der Waals surface area contributed by atoms with Crippen LogP contribution in [0.15, 0.2) is 0 Å². The Kier molecular flexibility index (Phi) is 5.22. The zero-order chi connectivity index (χ0) is 12.0. The van der Waals surface area contributed by atoms with Crippen molar-refractivity contribution in [1.29, 1.82) is 0 Å². The van der Waals surface area contributed by atoms with Gasteiger partial charge < -0.3 is 15.7 Å². The fraction of sp³-hybridized carbons (Fsp3) is 0.917. The molecule has 0 aliphatic heterocycles. The summed E-state index contributed by atoms with van der Waals surface area (Å²) in [6.45, 7) is 5.10. The summed E-state index contributed by atoms with van der Waals surface area (Å²) in [4.78, 5) is 11.6. The Morgan fingerprint density at radius 1 is 1.44 bits per heavy atom. The highest BCUT2D eigenvalue weighted by molar-refractivity contribution is 5.81. The topological polar surface area (TPSA) is 61.4 Å². The van der Waals surface area contributed by atoms with Gasteiger partial charge in [0.2, 0.25) is 5.91 Å². The van der Waals surface area contributed by atoms with E-state index >= 15 is 0 Å². The SMILES string of the molecule is CCCNC(=O)C(C)NCC1(O)CCCC1. The third-order valence-corrected chi connectivity index (χ3v) is 3.21. The van der Waals surface area contributed by atoms with Crippen LogP contribution in [0.1, 0.15) is 46.0 Å². The normalized spacial score (nSPS) is 20.7. The molecular weight excluding hydrogens is 204 g/mol. The summed E-state index contributed by atoms with van der Waals surface area (Å²) < 4.78 is 0. The highest BCUT2D eigenvalue weighted by Crippen LogP contribution is 2.28. The van der Waals surface area contributed by atoms with Crippen LogP contribution >= 0.6 is 0 Å². The molecule has 0 aromatic carbocycles. The number of hydrogen-bond donors (Lipinski definition) is 3. The lowest BCUT2D eigenvalue weighted by molar-refractivity contribution is -0.123. The second-order valence-electron chi connectivity index (χ2n) is 4.83. The van der Waals surface area contributed by atoms with E-state index in [0.29, 0.717) is 6.54 Å². The van der Waals surface area contributed by atoms with Crippen LogP contribution in [-0.4, -0.2) is 35.7 Å². The number of hydrogen-bond acceptors (Lipinski definition) is 3. The fourth-order valence-corrected chi connectivity index (χ4v) is 2.05. The van der Waals surface area contributed by atoms with Crippen LogP contribution in [0.25, 0.3) is 0 Å². The number of rotatable bonds is 6. The molecule has 1 atom stereocenters. The Balaban J connectivity index is 2.23. The standard InChI is InChI=1S/C12H24N2O2/c1-3-8-13-11(15)10(2)14-9-12(16)6-4-5-7-12/h10,14,16H,3-9H2,1-2H3,(H,13,15). The summed E-state index contributed by atoms with van der Waals surface area (Å²) in [5.41, 5.74) is -0.584. The van der Waals surface area contributed by atoms with Crippen LogP contribution in [0.2, 0.25) is 0 Å². The van der Waals surface area contributed by atoms with Crippen LogP contribution in [0.4, 0.5) is 0 Å². The van der Waals surface area contributed by atoms with E-state index in [1.165, 1.54) is 0 Å². The minimum Gasteiger partial charge on any atom is -0.389 e. The van der Waals surface area contributed by atoms with Crippen LogP contribution in [-0.2, 0) is 4.79 Å². The molecule has 1 unspecified atom stereocenters. The van der Waals surface area contributed by atoms with Gasteiger partial charge in [0.1, 0.15) is 0 Å². The Morgan fingerprint density at radius 2 is 2.06 bits per heavy atom. The van der Waals surface area contributed by atoms with E-state index in [1.807, 2.05) is 13.8 Å². The van der Waals surface area contributed by atoms with Gasteiger partial charge in [-0.1, -0.05) is 19.8 Å². The van der Waals surface area contributed by atoms with Gasteiger partial charge in [-0.3, -0.25) is 4.79 Å². The number of carbonyl (C=O) groups excluding carboxylic acids is 1. The van der Waals surface area contributed by atoms with Crippen molar-refractivity contribution in [3.8, 4) is 0 Å². The van der Waals surface area contributed by atoms with Crippen molar-refractivity contribution in [2.24, 2.45) is 0 Å². The summed E-state index contributed by atoms with van der Waals surface area (Å²) in [7, 11) is 0. The van der Waals surface area contributed by atoms with Gasteiger partial charge in [-0.15, -0.1) is 0 Å². The van der Waals surface area contributed by atoms with Gasteiger partial charge in [0, 0.05) is 13.1 Å². The minimum absolute atomic E-state index is 0.0171. The maximum Gasteiger partial charge on any atom is 0.236 e. The molecule has 0 radical (unpaired) electrons. The largest absolute Gasteiger partial charge is 0.389 e. The Hall–Kier alpha value is -0.610. The molecule has 1 fully saturated rings. The van der Waals surface area contributed by atoms with Gasteiger partial charge in [0.15, 0.2) is 0 Å². The van der Waals surface area contributed by atoms with Crippen molar-refractivity contribution < 1.29 is 9.90 Å². The van der Waals surface area contributed by atoms with E-state index < -0.39 is 5.60 Å². The smallest absolute Gasteiger partial charge is 0.236 e. The second kappa shape index (κ2) is 6.21. The molecule has 1 rings (SSSR count). The highest BCUT2D eigenvalue weighted by Gasteiger charge is 2.31. The van der Waals surface area contributed by atoms with E-state index in [9.17, 15) is 9.90 Å². The summed E-state index contributed by atoms with van der Waals surface area (Å²) in [5, 5.41) is 16.1. The molecular formula is C12H24N2O2. The zero-order valence-corrected chi connectivity index (χ0v) is 10.4. The number of aliphatic hydroxyl groups is 1. The van der Waals surface area contributed by atoms with Gasteiger partial charge in [0.05, 0.1) is 11.6 Å². The van der Waals surface area contributed by atoms with Gasteiger partial charge in [-0.25, -0.2) is 0 Å². The predicted octanol–water partition coefficient (Wildman–Crippen LogP) is 0.796. The Morgan fingerprint density at radius 3 is 2.62 bits per heavy atom. The first kappa shape index (κ1) is 13.5. The minimum atomic E-state index is -0.584. The lowest BCUT2D eigenvalue weighted by Gasteiger charge is -2.24. The molecule has 3 N–H and O–H groups in total. The second-order valence-corrected chi connectivity index (χ2v) is 4.83. The third-order valence-electron chi connectivity index (χ3n) is 3.21. The van der Waals surface area contributed by atoms with Crippen LogP contribution in [0.3, 0.4) is 0 Å². The first-order chi connectivity index (χ1) is 7.57. The molecule has 0 spiro atoms. The lowest BCUT2D eigenvalue weighted by Crippen LogP contribution is -2.48. The Bertz CT molecular complexity index is 225. The van der Waals surface area contributed by atoms with Gasteiger partial charge in [0.25, 0.3) is 0 Å². The van der Waals surface area contributed by atoms with E-state index in [0.717, 1.165) is 38.6 Å². The van der Waals surface area contributed by atoms with E-state index in [1.54, 1.807) is 0 Å². The molecule has 1 amide bonds. The Labute approximate surface area is 97.8 Å². The van der Waals surface area contributed by atoms with Crippen molar-refractivity contribution in [2.75, 3.05) is 13.1 Å². The molecule has 0 saturated heterocycles. The molecule has 16 heavy (non-hydrogen) atoms. The van der Waals surface area contributed by atoms with E-state index in [4.69, 9.17) is 0 Å². The van der Waals surface area contributed by atoms with Crippen molar-refractivity contribution in [2.45, 2.75) is 57.6 Å². The monoisotopic (exact) mass is 228 g/mol. The molecule has 4 nitrogen and oxygen atoms in total. The van der Waals surface area contributed by atoms with Gasteiger partial charge >= 0.3 is 0 Å².